The maximum absolute atomic E-state index is 11.7. The molecule has 1 aromatic rings. The van der Waals surface area contributed by atoms with E-state index < -0.39 is 0 Å². The van der Waals surface area contributed by atoms with Crippen LogP contribution in [-0.2, 0) is 11.3 Å². The third kappa shape index (κ3) is 3.84. The molecular weight excluding hydrogens is 258 g/mol. The summed E-state index contributed by atoms with van der Waals surface area (Å²) in [5.74, 6) is 1.06. The Morgan fingerprint density at radius 1 is 1.45 bits per heavy atom. The summed E-state index contributed by atoms with van der Waals surface area (Å²) < 4.78 is 5.51. The average molecular weight is 279 g/mol. The summed E-state index contributed by atoms with van der Waals surface area (Å²) in [4.78, 5) is 24.4. The Kier molecular flexibility index (Phi) is 4.79. The first-order valence-corrected chi connectivity index (χ1v) is 6.86. The van der Waals surface area contributed by atoms with Crippen LogP contribution in [0.4, 0.5) is 0 Å². The second-order valence-electron chi connectivity index (χ2n) is 5.22. The zero-order valence-electron chi connectivity index (χ0n) is 11.9. The molecule has 1 fully saturated rings. The third-order valence-electron chi connectivity index (χ3n) is 3.38. The Hall–Kier alpha value is -1.82. The first-order chi connectivity index (χ1) is 9.56. The largest absolute Gasteiger partial charge is 0.455 e. The molecular formula is C14H21N3O3. The van der Waals surface area contributed by atoms with Crippen molar-refractivity contribution in [2.45, 2.75) is 31.8 Å². The van der Waals surface area contributed by atoms with E-state index in [0.717, 1.165) is 18.6 Å². The molecule has 0 aliphatic carbocycles. The summed E-state index contributed by atoms with van der Waals surface area (Å²) in [5, 5.41) is 6.22. The van der Waals surface area contributed by atoms with Gasteiger partial charge in [0.15, 0.2) is 5.76 Å². The van der Waals surface area contributed by atoms with Gasteiger partial charge in [0.1, 0.15) is 5.76 Å². The number of nitrogens with one attached hydrogen (secondary N) is 2. The summed E-state index contributed by atoms with van der Waals surface area (Å²) in [7, 11) is 3.39. The summed E-state index contributed by atoms with van der Waals surface area (Å²) in [5.41, 5.74) is 0. The number of carbonyl (C=O) groups is 2. The molecule has 110 valence electrons. The number of rotatable bonds is 4. The maximum atomic E-state index is 11.7. The van der Waals surface area contributed by atoms with Crippen LogP contribution < -0.4 is 10.6 Å². The number of hydrogen-bond acceptors (Lipinski definition) is 4. The number of carbonyl (C=O) groups excluding carboxylic acids is 2. The van der Waals surface area contributed by atoms with Crippen molar-refractivity contribution in [3.8, 4) is 0 Å². The van der Waals surface area contributed by atoms with Crippen molar-refractivity contribution in [3.63, 3.8) is 0 Å². The molecule has 1 saturated heterocycles. The molecule has 0 radical (unpaired) electrons. The van der Waals surface area contributed by atoms with Gasteiger partial charge in [-0.25, -0.2) is 0 Å². The number of nitrogens with zero attached hydrogens (tertiary/aromatic N) is 1. The van der Waals surface area contributed by atoms with Crippen LogP contribution in [-0.4, -0.2) is 43.4 Å². The van der Waals surface area contributed by atoms with Crippen molar-refractivity contribution in [2.24, 2.45) is 0 Å². The summed E-state index contributed by atoms with van der Waals surface area (Å²) in [6.45, 7) is 1.28. The summed E-state index contributed by atoms with van der Waals surface area (Å²) in [6.07, 6.45) is 2.30. The SMILES string of the molecule is CN(C)C(=O)c1ccc(CNC2CCNC(=O)CC2)o1. The maximum Gasteiger partial charge on any atom is 0.289 e. The highest BCUT2D eigenvalue weighted by Gasteiger charge is 2.17. The molecule has 6 heteroatoms. The lowest BCUT2D eigenvalue weighted by Crippen LogP contribution is -2.29. The van der Waals surface area contributed by atoms with E-state index >= 15 is 0 Å². The van der Waals surface area contributed by atoms with Crippen molar-refractivity contribution in [1.82, 2.24) is 15.5 Å². The van der Waals surface area contributed by atoms with E-state index in [0.29, 0.717) is 31.3 Å². The highest BCUT2D eigenvalue weighted by Crippen LogP contribution is 2.11. The lowest BCUT2D eigenvalue weighted by molar-refractivity contribution is -0.120. The van der Waals surface area contributed by atoms with Crippen LogP contribution >= 0.6 is 0 Å². The van der Waals surface area contributed by atoms with Crippen LogP contribution in [0.15, 0.2) is 16.5 Å². The second-order valence-corrected chi connectivity index (χ2v) is 5.22. The topological polar surface area (TPSA) is 74.6 Å². The molecule has 0 saturated carbocycles. The third-order valence-corrected chi connectivity index (χ3v) is 3.38. The molecule has 20 heavy (non-hydrogen) atoms. The number of furan rings is 1. The van der Waals surface area contributed by atoms with Gasteiger partial charge in [-0.05, 0) is 25.0 Å². The zero-order valence-corrected chi connectivity index (χ0v) is 11.9. The van der Waals surface area contributed by atoms with E-state index in [-0.39, 0.29) is 11.8 Å². The predicted molar refractivity (Wildman–Crippen MR) is 74.2 cm³/mol. The molecule has 1 atom stereocenters. The molecule has 2 heterocycles. The Bertz CT molecular complexity index is 482. The van der Waals surface area contributed by atoms with Gasteiger partial charge in [-0.3, -0.25) is 9.59 Å². The van der Waals surface area contributed by atoms with Crippen molar-refractivity contribution >= 4 is 11.8 Å². The van der Waals surface area contributed by atoms with Crippen molar-refractivity contribution in [1.29, 1.82) is 0 Å². The van der Waals surface area contributed by atoms with Gasteiger partial charge < -0.3 is 20.0 Å². The molecule has 1 aliphatic rings. The molecule has 1 aromatic heterocycles. The van der Waals surface area contributed by atoms with E-state index in [1.807, 2.05) is 6.07 Å². The Balaban J connectivity index is 1.85. The molecule has 0 spiro atoms. The molecule has 0 bridgehead atoms. The molecule has 6 nitrogen and oxygen atoms in total. The number of hydrogen-bond donors (Lipinski definition) is 2. The lowest BCUT2D eigenvalue weighted by atomic mass is 10.1. The van der Waals surface area contributed by atoms with E-state index in [4.69, 9.17) is 4.42 Å². The van der Waals surface area contributed by atoms with Crippen LogP contribution in [0.1, 0.15) is 35.6 Å². The van der Waals surface area contributed by atoms with E-state index in [1.165, 1.54) is 4.90 Å². The standard InChI is InChI=1S/C14H21N3O3/c1-17(2)14(19)12-5-4-11(20-12)9-16-10-3-6-13(18)15-8-7-10/h4-5,10,16H,3,6-9H2,1-2H3,(H,15,18). The monoisotopic (exact) mass is 279 g/mol. The van der Waals surface area contributed by atoms with Gasteiger partial charge >= 0.3 is 0 Å². The van der Waals surface area contributed by atoms with Crippen LogP contribution in [0.25, 0.3) is 0 Å². The molecule has 2 N–H and O–H groups in total. The minimum Gasteiger partial charge on any atom is -0.455 e. The molecule has 1 aliphatic heterocycles. The van der Waals surface area contributed by atoms with Crippen LogP contribution in [0.3, 0.4) is 0 Å². The fourth-order valence-electron chi connectivity index (χ4n) is 2.18. The van der Waals surface area contributed by atoms with Crippen LogP contribution in [0.2, 0.25) is 0 Å². The van der Waals surface area contributed by atoms with Gasteiger partial charge in [-0.15, -0.1) is 0 Å². The van der Waals surface area contributed by atoms with Gasteiger partial charge in [0.25, 0.3) is 5.91 Å². The van der Waals surface area contributed by atoms with E-state index in [2.05, 4.69) is 10.6 Å². The highest BCUT2D eigenvalue weighted by molar-refractivity contribution is 5.91. The zero-order chi connectivity index (χ0) is 14.5. The van der Waals surface area contributed by atoms with Gasteiger partial charge in [-0.2, -0.15) is 0 Å². The van der Waals surface area contributed by atoms with Gasteiger partial charge in [0, 0.05) is 33.1 Å². The fourth-order valence-corrected chi connectivity index (χ4v) is 2.18. The van der Waals surface area contributed by atoms with Crippen LogP contribution in [0.5, 0.6) is 0 Å². The van der Waals surface area contributed by atoms with Crippen molar-refractivity contribution < 1.29 is 14.0 Å². The smallest absolute Gasteiger partial charge is 0.289 e. The minimum atomic E-state index is -0.138. The number of amides is 2. The first-order valence-electron chi connectivity index (χ1n) is 6.86. The normalized spacial score (nSPS) is 19.3. The molecule has 2 rings (SSSR count). The second kappa shape index (κ2) is 6.56. The van der Waals surface area contributed by atoms with Gasteiger partial charge in [0.05, 0.1) is 6.54 Å². The highest BCUT2D eigenvalue weighted by atomic mass is 16.4. The van der Waals surface area contributed by atoms with Crippen molar-refractivity contribution in [3.05, 3.63) is 23.7 Å². The van der Waals surface area contributed by atoms with Gasteiger partial charge in [0.2, 0.25) is 5.91 Å². The predicted octanol–water partition coefficient (Wildman–Crippen LogP) is 0.740. The average Bonchev–Trinajstić information content (AvgIpc) is 2.79. The van der Waals surface area contributed by atoms with E-state index in [9.17, 15) is 9.59 Å². The first kappa shape index (κ1) is 14.6. The van der Waals surface area contributed by atoms with E-state index in [1.54, 1.807) is 20.2 Å². The summed E-state index contributed by atoms with van der Waals surface area (Å²) in [6, 6.07) is 3.80. The van der Waals surface area contributed by atoms with Crippen LogP contribution in [0, 0.1) is 0 Å². The van der Waals surface area contributed by atoms with Gasteiger partial charge in [-0.1, -0.05) is 0 Å². The molecule has 1 unspecified atom stereocenters. The fraction of sp³-hybridized carbons (Fsp3) is 0.571. The Morgan fingerprint density at radius 3 is 3.00 bits per heavy atom. The summed E-state index contributed by atoms with van der Waals surface area (Å²) >= 11 is 0. The minimum absolute atomic E-state index is 0.117. The quantitative estimate of drug-likeness (QED) is 0.852. The van der Waals surface area contributed by atoms with Crippen molar-refractivity contribution in [2.75, 3.05) is 20.6 Å². The Labute approximate surface area is 118 Å². The molecule has 0 aromatic carbocycles. The Morgan fingerprint density at radius 2 is 2.25 bits per heavy atom. The lowest BCUT2D eigenvalue weighted by Gasteiger charge is -2.14. The molecule has 2 amide bonds.